The van der Waals surface area contributed by atoms with Gasteiger partial charge in [0.05, 0.1) is 4.90 Å². The highest BCUT2D eigenvalue weighted by Crippen LogP contribution is 2.27. The van der Waals surface area contributed by atoms with Crippen molar-refractivity contribution >= 4 is 21.4 Å². The molecule has 0 radical (unpaired) electrons. The molecule has 6 heteroatoms. The van der Waals surface area contributed by atoms with E-state index in [4.69, 9.17) is 0 Å². The van der Waals surface area contributed by atoms with Gasteiger partial charge in [0, 0.05) is 30.5 Å². The van der Waals surface area contributed by atoms with Crippen LogP contribution in [0.25, 0.3) is 0 Å². The Morgan fingerprint density at radius 2 is 1.79 bits per heavy atom. The molecule has 1 unspecified atom stereocenters. The average molecular weight is 414 g/mol. The Morgan fingerprint density at radius 3 is 2.52 bits per heavy atom. The molecule has 2 aromatic carbocycles. The summed E-state index contributed by atoms with van der Waals surface area (Å²) in [5.41, 5.74) is 4.32. The molecule has 29 heavy (non-hydrogen) atoms. The molecular weight excluding hydrogens is 382 g/mol. The second kappa shape index (κ2) is 8.76. The van der Waals surface area contributed by atoms with Gasteiger partial charge in [0.2, 0.25) is 0 Å². The minimum atomic E-state index is -3.58. The van der Waals surface area contributed by atoms with Gasteiger partial charge in [-0.05, 0) is 92.6 Å². The zero-order valence-electron chi connectivity index (χ0n) is 17.2. The van der Waals surface area contributed by atoms with Crippen molar-refractivity contribution in [3.05, 3.63) is 53.6 Å². The average Bonchev–Trinajstić information content (AvgIpc) is 3.27. The van der Waals surface area contributed by atoms with Crippen molar-refractivity contribution in [1.82, 2.24) is 5.32 Å². The summed E-state index contributed by atoms with van der Waals surface area (Å²) in [5, 5.41) is 3.60. The maximum Gasteiger partial charge on any atom is 0.261 e. The van der Waals surface area contributed by atoms with Crippen LogP contribution in [0.1, 0.15) is 43.7 Å². The van der Waals surface area contributed by atoms with Gasteiger partial charge < -0.3 is 10.2 Å². The van der Waals surface area contributed by atoms with E-state index in [-0.39, 0.29) is 0 Å². The molecule has 1 fully saturated rings. The number of sulfonamides is 1. The van der Waals surface area contributed by atoms with E-state index in [2.05, 4.69) is 27.9 Å². The monoisotopic (exact) mass is 413 g/mol. The van der Waals surface area contributed by atoms with Crippen LogP contribution in [0.15, 0.2) is 47.4 Å². The molecule has 0 amide bonds. The van der Waals surface area contributed by atoms with Crippen LogP contribution in [0.5, 0.6) is 0 Å². The van der Waals surface area contributed by atoms with Gasteiger partial charge in [0.15, 0.2) is 0 Å². The van der Waals surface area contributed by atoms with E-state index in [1.165, 1.54) is 24.0 Å². The van der Waals surface area contributed by atoms with Crippen LogP contribution in [0.2, 0.25) is 0 Å². The SMILES string of the molecule is CCCNC1CCc2cc(NS(=O)(=O)c3ccc(N4CCCC4)cc3)ccc2C1. The Balaban J connectivity index is 1.44. The van der Waals surface area contributed by atoms with Crippen molar-refractivity contribution in [2.75, 3.05) is 29.3 Å². The maximum atomic E-state index is 12.8. The number of hydrogen-bond acceptors (Lipinski definition) is 4. The lowest BCUT2D eigenvalue weighted by Crippen LogP contribution is -2.35. The van der Waals surface area contributed by atoms with Crippen LogP contribution in [0.3, 0.4) is 0 Å². The second-order valence-electron chi connectivity index (χ2n) is 8.17. The first kappa shape index (κ1) is 20.2. The van der Waals surface area contributed by atoms with Crippen LogP contribution in [-0.2, 0) is 22.9 Å². The Labute approximate surface area is 174 Å². The van der Waals surface area contributed by atoms with Gasteiger partial charge >= 0.3 is 0 Å². The standard InChI is InChI=1S/C23H31N3O2S/c1-2-13-24-20-7-5-19-17-21(8-6-18(19)16-20)25-29(27,28)23-11-9-22(10-12-23)26-14-3-4-15-26/h6,8-12,17,20,24-25H,2-5,7,13-16H2,1H3. The normalized spacial score (nSPS) is 19.2. The lowest BCUT2D eigenvalue weighted by Gasteiger charge is -2.26. The van der Waals surface area contributed by atoms with E-state index in [1.54, 1.807) is 12.1 Å². The molecule has 0 saturated carbocycles. The molecule has 1 aliphatic heterocycles. The summed E-state index contributed by atoms with van der Waals surface area (Å²) in [6.07, 6.45) is 6.64. The molecule has 0 spiro atoms. The van der Waals surface area contributed by atoms with Crippen molar-refractivity contribution < 1.29 is 8.42 Å². The third kappa shape index (κ3) is 4.75. The van der Waals surface area contributed by atoms with E-state index in [9.17, 15) is 8.42 Å². The van der Waals surface area contributed by atoms with Crippen LogP contribution >= 0.6 is 0 Å². The molecule has 1 atom stereocenters. The highest BCUT2D eigenvalue weighted by Gasteiger charge is 2.20. The van der Waals surface area contributed by atoms with Gasteiger partial charge in [-0.1, -0.05) is 13.0 Å². The van der Waals surface area contributed by atoms with E-state index >= 15 is 0 Å². The maximum absolute atomic E-state index is 12.8. The Morgan fingerprint density at radius 1 is 1.03 bits per heavy atom. The zero-order valence-corrected chi connectivity index (χ0v) is 18.0. The molecule has 1 saturated heterocycles. The Kier molecular flexibility index (Phi) is 6.11. The van der Waals surface area contributed by atoms with Gasteiger partial charge in [-0.2, -0.15) is 0 Å². The van der Waals surface area contributed by atoms with Crippen molar-refractivity contribution in [1.29, 1.82) is 0 Å². The van der Waals surface area contributed by atoms with Crippen molar-refractivity contribution in [2.24, 2.45) is 0 Å². The number of fused-ring (bicyclic) bond motifs is 1. The quantitative estimate of drug-likeness (QED) is 0.722. The van der Waals surface area contributed by atoms with Crippen LogP contribution in [-0.4, -0.2) is 34.1 Å². The molecule has 0 bridgehead atoms. The predicted molar refractivity (Wildman–Crippen MR) is 119 cm³/mol. The first-order chi connectivity index (χ1) is 14.0. The molecule has 2 N–H and O–H groups in total. The number of rotatable bonds is 7. The lowest BCUT2D eigenvalue weighted by molar-refractivity contribution is 0.459. The molecule has 2 aromatic rings. The molecule has 4 rings (SSSR count). The van der Waals surface area contributed by atoms with E-state index in [0.717, 1.165) is 51.0 Å². The summed E-state index contributed by atoms with van der Waals surface area (Å²) < 4.78 is 28.4. The minimum absolute atomic E-state index is 0.307. The molecule has 1 heterocycles. The largest absolute Gasteiger partial charge is 0.372 e. The molecule has 5 nitrogen and oxygen atoms in total. The van der Waals surface area contributed by atoms with E-state index in [1.807, 2.05) is 24.3 Å². The highest BCUT2D eigenvalue weighted by atomic mass is 32.2. The van der Waals surface area contributed by atoms with Crippen LogP contribution in [0, 0.1) is 0 Å². The number of nitrogens with zero attached hydrogens (tertiary/aromatic N) is 1. The first-order valence-corrected chi connectivity index (χ1v) is 12.3. The molecule has 0 aromatic heterocycles. The zero-order chi connectivity index (χ0) is 20.3. The molecule has 156 valence electrons. The molecular formula is C23H31N3O2S. The number of benzene rings is 2. The molecule has 1 aliphatic carbocycles. The molecule has 2 aliphatic rings. The summed E-state index contributed by atoms with van der Waals surface area (Å²) in [6, 6.07) is 13.7. The third-order valence-corrected chi connectivity index (χ3v) is 7.39. The van der Waals surface area contributed by atoms with Gasteiger partial charge in [0.25, 0.3) is 10.0 Å². The topological polar surface area (TPSA) is 61.4 Å². The van der Waals surface area contributed by atoms with Crippen molar-refractivity contribution in [2.45, 2.75) is 56.4 Å². The number of aryl methyl sites for hydroxylation is 1. The number of anilines is 2. The predicted octanol–water partition coefficient (Wildman–Crippen LogP) is 3.94. The fourth-order valence-corrected chi connectivity index (χ4v) is 5.42. The second-order valence-corrected chi connectivity index (χ2v) is 9.85. The minimum Gasteiger partial charge on any atom is -0.372 e. The summed E-state index contributed by atoms with van der Waals surface area (Å²) in [5.74, 6) is 0. The van der Waals surface area contributed by atoms with E-state index in [0.29, 0.717) is 16.6 Å². The van der Waals surface area contributed by atoms with Gasteiger partial charge in [-0.25, -0.2) is 8.42 Å². The van der Waals surface area contributed by atoms with Crippen molar-refractivity contribution in [3.8, 4) is 0 Å². The number of hydrogen-bond donors (Lipinski definition) is 2. The van der Waals surface area contributed by atoms with Gasteiger partial charge in [-0.3, -0.25) is 4.72 Å². The lowest BCUT2D eigenvalue weighted by atomic mass is 9.88. The third-order valence-electron chi connectivity index (χ3n) is 5.99. The summed E-state index contributed by atoms with van der Waals surface area (Å²) in [4.78, 5) is 2.61. The smallest absolute Gasteiger partial charge is 0.261 e. The van der Waals surface area contributed by atoms with Crippen LogP contribution in [0.4, 0.5) is 11.4 Å². The summed E-state index contributed by atoms with van der Waals surface area (Å²) >= 11 is 0. The van der Waals surface area contributed by atoms with Crippen molar-refractivity contribution in [3.63, 3.8) is 0 Å². The summed E-state index contributed by atoms with van der Waals surface area (Å²) in [6.45, 7) is 5.33. The Hall–Kier alpha value is -2.05. The van der Waals surface area contributed by atoms with Crippen LogP contribution < -0.4 is 14.9 Å². The Bertz CT molecular complexity index is 935. The first-order valence-electron chi connectivity index (χ1n) is 10.8. The fraction of sp³-hybridized carbons (Fsp3) is 0.478. The highest BCUT2D eigenvalue weighted by molar-refractivity contribution is 7.92. The van der Waals surface area contributed by atoms with Gasteiger partial charge in [0.1, 0.15) is 0 Å². The summed E-state index contributed by atoms with van der Waals surface area (Å²) in [7, 11) is -3.58. The van der Waals surface area contributed by atoms with E-state index < -0.39 is 10.0 Å². The van der Waals surface area contributed by atoms with Gasteiger partial charge in [-0.15, -0.1) is 0 Å². The number of nitrogens with one attached hydrogen (secondary N) is 2. The fourth-order valence-electron chi connectivity index (χ4n) is 4.37.